The summed E-state index contributed by atoms with van der Waals surface area (Å²) in [5.74, 6) is 2.18. The van der Waals surface area contributed by atoms with Crippen LogP contribution in [0, 0.1) is 0 Å². The van der Waals surface area contributed by atoms with Crippen LogP contribution in [0.1, 0.15) is 6.92 Å². The van der Waals surface area contributed by atoms with Gasteiger partial charge in [0, 0.05) is 18.1 Å². The third kappa shape index (κ3) is 2.63. The summed E-state index contributed by atoms with van der Waals surface area (Å²) in [5, 5.41) is 5.22. The van der Waals surface area contributed by atoms with Gasteiger partial charge in [0.2, 0.25) is 5.88 Å². The summed E-state index contributed by atoms with van der Waals surface area (Å²) >= 11 is 0. The van der Waals surface area contributed by atoms with Crippen LogP contribution in [0.4, 0.5) is 0 Å². The molecular weight excluding hydrogens is 256 g/mol. The van der Waals surface area contributed by atoms with Crippen molar-refractivity contribution in [1.29, 1.82) is 0 Å². The summed E-state index contributed by atoms with van der Waals surface area (Å²) in [7, 11) is 0. The van der Waals surface area contributed by atoms with Crippen LogP contribution < -0.4 is 19.5 Å². The lowest BCUT2D eigenvalue weighted by Crippen LogP contribution is -2.20. The summed E-state index contributed by atoms with van der Waals surface area (Å²) in [6.45, 7) is 5.57. The smallest absolute Gasteiger partial charge is 0.221 e. The minimum Gasteiger partial charge on any atom is -0.486 e. The minimum atomic E-state index is 0.579. The molecule has 5 heteroatoms. The Morgan fingerprint density at radius 2 is 2.05 bits per heavy atom. The molecule has 2 heterocycles. The van der Waals surface area contributed by atoms with Crippen molar-refractivity contribution in [3.05, 3.63) is 24.4 Å². The molecule has 20 heavy (non-hydrogen) atoms. The van der Waals surface area contributed by atoms with E-state index < -0.39 is 0 Å². The summed E-state index contributed by atoms with van der Waals surface area (Å²) in [4.78, 5) is 4.31. The number of aromatic nitrogens is 1. The molecule has 3 rings (SSSR count). The molecule has 0 bridgehead atoms. The van der Waals surface area contributed by atoms with Gasteiger partial charge in [-0.3, -0.25) is 0 Å². The Balaban J connectivity index is 1.88. The Hall–Kier alpha value is -2.01. The molecule has 0 fully saturated rings. The predicted octanol–water partition coefficient (Wildman–Crippen LogP) is 1.99. The van der Waals surface area contributed by atoms with Gasteiger partial charge in [-0.25, -0.2) is 4.98 Å². The van der Waals surface area contributed by atoms with Gasteiger partial charge in [-0.05, 0) is 30.1 Å². The Labute approximate surface area is 117 Å². The molecule has 1 aromatic heterocycles. The Morgan fingerprint density at radius 3 is 2.85 bits per heavy atom. The monoisotopic (exact) mass is 274 g/mol. The third-order valence-corrected chi connectivity index (χ3v) is 3.16. The lowest BCUT2D eigenvalue weighted by atomic mass is 10.1. The molecule has 0 saturated carbocycles. The number of rotatable bonds is 5. The molecule has 1 aromatic carbocycles. The first-order chi connectivity index (χ1) is 9.88. The Morgan fingerprint density at radius 1 is 1.25 bits per heavy atom. The fourth-order valence-corrected chi connectivity index (χ4v) is 2.19. The summed E-state index contributed by atoms with van der Waals surface area (Å²) in [6.07, 6.45) is 1.75. The molecule has 1 N–H and O–H groups in total. The number of benzene rings is 1. The van der Waals surface area contributed by atoms with Crippen molar-refractivity contribution >= 4 is 10.8 Å². The van der Waals surface area contributed by atoms with E-state index in [1.807, 2.05) is 18.2 Å². The highest BCUT2D eigenvalue weighted by molar-refractivity contribution is 5.89. The molecule has 0 radical (unpaired) electrons. The average molecular weight is 274 g/mol. The van der Waals surface area contributed by atoms with Gasteiger partial charge in [0.25, 0.3) is 0 Å². The number of likely N-dealkylation sites (N-methyl/N-ethyl adjacent to an activating group) is 1. The second kappa shape index (κ2) is 5.96. The van der Waals surface area contributed by atoms with Gasteiger partial charge in [0.15, 0.2) is 11.5 Å². The van der Waals surface area contributed by atoms with Crippen molar-refractivity contribution in [3.63, 3.8) is 0 Å². The maximum absolute atomic E-state index is 5.74. The molecule has 0 aliphatic carbocycles. The van der Waals surface area contributed by atoms with Crippen molar-refractivity contribution < 1.29 is 14.2 Å². The number of pyridine rings is 1. The van der Waals surface area contributed by atoms with Crippen molar-refractivity contribution in [3.8, 4) is 17.4 Å². The molecular formula is C15H18N2O3. The van der Waals surface area contributed by atoms with Crippen LogP contribution in [0.25, 0.3) is 10.8 Å². The van der Waals surface area contributed by atoms with Crippen molar-refractivity contribution in [1.82, 2.24) is 10.3 Å². The fraction of sp³-hybridized carbons (Fsp3) is 0.400. The molecule has 1 aliphatic heterocycles. The summed E-state index contributed by atoms with van der Waals surface area (Å²) < 4.78 is 16.9. The van der Waals surface area contributed by atoms with E-state index in [9.17, 15) is 0 Å². The second-order valence-corrected chi connectivity index (χ2v) is 4.54. The van der Waals surface area contributed by atoms with E-state index in [0.29, 0.717) is 25.7 Å². The van der Waals surface area contributed by atoms with Gasteiger partial charge >= 0.3 is 0 Å². The largest absolute Gasteiger partial charge is 0.486 e. The zero-order valence-corrected chi connectivity index (χ0v) is 11.5. The van der Waals surface area contributed by atoms with Crippen molar-refractivity contribution in [2.24, 2.45) is 0 Å². The maximum Gasteiger partial charge on any atom is 0.221 e. The minimum absolute atomic E-state index is 0.579. The van der Waals surface area contributed by atoms with E-state index in [2.05, 4.69) is 17.2 Å². The second-order valence-electron chi connectivity index (χ2n) is 4.54. The number of ether oxygens (including phenoxy) is 3. The lowest BCUT2D eigenvalue weighted by Gasteiger charge is -2.19. The number of nitrogens with one attached hydrogen (secondary N) is 1. The highest BCUT2D eigenvalue weighted by Gasteiger charge is 2.14. The van der Waals surface area contributed by atoms with Crippen LogP contribution >= 0.6 is 0 Å². The van der Waals surface area contributed by atoms with Gasteiger partial charge in [0.05, 0.1) is 0 Å². The summed E-state index contributed by atoms with van der Waals surface area (Å²) in [6, 6.07) is 5.87. The third-order valence-electron chi connectivity index (χ3n) is 3.16. The van der Waals surface area contributed by atoms with E-state index in [1.54, 1.807) is 6.20 Å². The number of hydrogen-bond acceptors (Lipinski definition) is 5. The molecule has 1 aliphatic rings. The zero-order chi connectivity index (χ0) is 13.8. The van der Waals surface area contributed by atoms with Crippen LogP contribution in [0.3, 0.4) is 0 Å². The molecule has 0 saturated heterocycles. The highest BCUT2D eigenvalue weighted by atomic mass is 16.6. The topological polar surface area (TPSA) is 52.6 Å². The van der Waals surface area contributed by atoms with E-state index in [0.717, 1.165) is 35.4 Å². The molecule has 106 valence electrons. The first kappa shape index (κ1) is 13.0. The van der Waals surface area contributed by atoms with E-state index >= 15 is 0 Å². The first-order valence-corrected chi connectivity index (χ1v) is 6.90. The van der Waals surface area contributed by atoms with Crippen molar-refractivity contribution in [2.45, 2.75) is 6.92 Å². The number of nitrogens with zero attached hydrogens (tertiary/aromatic N) is 1. The number of hydrogen-bond donors (Lipinski definition) is 1. The first-order valence-electron chi connectivity index (χ1n) is 6.90. The van der Waals surface area contributed by atoms with Crippen LogP contribution in [0.5, 0.6) is 17.4 Å². The SMILES string of the molecule is CCNCCOc1nccc2cc3c(cc12)OCCO3. The Kier molecular flexibility index (Phi) is 3.87. The van der Waals surface area contributed by atoms with E-state index in [-0.39, 0.29) is 0 Å². The van der Waals surface area contributed by atoms with Gasteiger partial charge < -0.3 is 19.5 Å². The molecule has 0 unspecified atom stereocenters. The molecule has 0 spiro atoms. The van der Waals surface area contributed by atoms with Gasteiger partial charge in [-0.1, -0.05) is 6.92 Å². The van der Waals surface area contributed by atoms with Gasteiger partial charge in [-0.2, -0.15) is 0 Å². The predicted molar refractivity (Wildman–Crippen MR) is 76.8 cm³/mol. The molecule has 0 amide bonds. The van der Waals surface area contributed by atoms with Crippen molar-refractivity contribution in [2.75, 3.05) is 32.9 Å². The average Bonchev–Trinajstić information content (AvgIpc) is 2.50. The van der Waals surface area contributed by atoms with Crippen LogP contribution in [0.15, 0.2) is 24.4 Å². The lowest BCUT2D eigenvalue weighted by molar-refractivity contribution is 0.172. The fourth-order valence-electron chi connectivity index (χ4n) is 2.19. The Bertz CT molecular complexity index is 601. The zero-order valence-electron chi connectivity index (χ0n) is 11.5. The van der Waals surface area contributed by atoms with Crippen LogP contribution in [-0.2, 0) is 0 Å². The maximum atomic E-state index is 5.74. The summed E-state index contributed by atoms with van der Waals surface area (Å²) in [5.41, 5.74) is 0. The quantitative estimate of drug-likeness (QED) is 0.845. The molecule has 2 aromatic rings. The highest BCUT2D eigenvalue weighted by Crippen LogP contribution is 2.37. The van der Waals surface area contributed by atoms with E-state index in [1.165, 1.54) is 0 Å². The normalized spacial score (nSPS) is 13.4. The number of fused-ring (bicyclic) bond motifs is 2. The molecule has 5 nitrogen and oxygen atoms in total. The van der Waals surface area contributed by atoms with Crippen LogP contribution in [0.2, 0.25) is 0 Å². The van der Waals surface area contributed by atoms with Crippen LogP contribution in [-0.4, -0.2) is 37.9 Å². The van der Waals surface area contributed by atoms with Gasteiger partial charge in [0.1, 0.15) is 19.8 Å². The standard InChI is InChI=1S/C15H18N2O3/c1-2-16-5-6-20-15-12-10-14-13(18-7-8-19-14)9-11(12)3-4-17-15/h3-4,9-10,16H,2,5-8H2,1H3. The van der Waals surface area contributed by atoms with Gasteiger partial charge in [-0.15, -0.1) is 0 Å². The molecule has 0 atom stereocenters. The van der Waals surface area contributed by atoms with E-state index in [4.69, 9.17) is 14.2 Å².